The molecule has 0 spiro atoms. The highest BCUT2D eigenvalue weighted by atomic mass is 16.3. The van der Waals surface area contributed by atoms with Crippen LogP contribution in [-0.4, -0.2) is 18.9 Å². The summed E-state index contributed by atoms with van der Waals surface area (Å²) < 4.78 is 10.9. The molecule has 5 nitrogen and oxygen atoms in total. The summed E-state index contributed by atoms with van der Waals surface area (Å²) in [6.07, 6.45) is 0. The minimum absolute atomic E-state index is 0.895. The normalized spacial score (nSPS) is 12.4. The molecule has 0 saturated carbocycles. The fourth-order valence-corrected chi connectivity index (χ4v) is 9.15. The molecule has 0 bridgehead atoms. The van der Waals surface area contributed by atoms with Crippen LogP contribution < -0.4 is 0 Å². The standard InChI is InChI=1S/C50H28N4O/c1-6-17-43-34(12-1)36-22-20-31(30-21-23-47-38(25-30)37-14-3-8-19-46(37)55-47)28-45(36)53(43)33-11-9-10-29(24-33)32-26-39-35-13-2-7-18-44(35)54-49(39)40(27-32)48-50(54)52-42-16-5-4-15-41(42)51-48/h1-28H. The van der Waals surface area contributed by atoms with Crippen molar-refractivity contribution in [1.82, 2.24) is 18.9 Å². The van der Waals surface area contributed by atoms with Crippen molar-refractivity contribution in [2.75, 3.05) is 0 Å². The Morgan fingerprint density at radius 3 is 1.91 bits per heavy atom. The van der Waals surface area contributed by atoms with Crippen molar-refractivity contribution in [3.05, 3.63) is 170 Å². The van der Waals surface area contributed by atoms with Gasteiger partial charge in [-0.2, -0.15) is 0 Å². The van der Waals surface area contributed by atoms with Gasteiger partial charge in [-0.25, -0.2) is 9.97 Å². The average Bonchev–Trinajstić information content (AvgIpc) is 3.98. The molecule has 0 N–H and O–H groups in total. The number of hydrogen-bond donors (Lipinski definition) is 0. The second-order valence-electron chi connectivity index (χ2n) is 14.6. The van der Waals surface area contributed by atoms with E-state index < -0.39 is 0 Å². The average molecular weight is 701 g/mol. The van der Waals surface area contributed by atoms with Crippen molar-refractivity contribution in [1.29, 1.82) is 0 Å². The number of fused-ring (bicyclic) bond motifs is 13. The first kappa shape index (κ1) is 29.0. The summed E-state index contributed by atoms with van der Waals surface area (Å²) in [6, 6.07) is 60.8. The molecule has 5 heterocycles. The van der Waals surface area contributed by atoms with Crippen LogP contribution in [0.4, 0.5) is 0 Å². The number of furan rings is 1. The zero-order valence-corrected chi connectivity index (χ0v) is 29.4. The third kappa shape index (κ3) is 3.96. The molecular formula is C50H28N4O. The fraction of sp³-hybridized carbons (Fsp3) is 0. The molecule has 13 aromatic rings. The van der Waals surface area contributed by atoms with E-state index in [4.69, 9.17) is 14.4 Å². The smallest absolute Gasteiger partial charge is 0.165 e. The van der Waals surface area contributed by atoms with Gasteiger partial charge in [0.05, 0.1) is 33.1 Å². The third-order valence-corrected chi connectivity index (χ3v) is 11.6. The molecule has 0 atom stereocenters. The van der Waals surface area contributed by atoms with Gasteiger partial charge < -0.3 is 8.98 Å². The predicted molar refractivity (Wildman–Crippen MR) is 227 cm³/mol. The van der Waals surface area contributed by atoms with Gasteiger partial charge in [-0.05, 0) is 95.1 Å². The topological polar surface area (TPSA) is 48.3 Å². The van der Waals surface area contributed by atoms with Crippen molar-refractivity contribution in [3.8, 4) is 27.9 Å². The molecule has 0 amide bonds. The summed E-state index contributed by atoms with van der Waals surface area (Å²) in [7, 11) is 0. The Bertz CT molecular complexity index is 3730. The Morgan fingerprint density at radius 2 is 1.02 bits per heavy atom. The van der Waals surface area contributed by atoms with Gasteiger partial charge in [0, 0.05) is 43.4 Å². The molecule has 254 valence electrons. The first-order valence-corrected chi connectivity index (χ1v) is 18.7. The second-order valence-corrected chi connectivity index (χ2v) is 14.6. The zero-order valence-electron chi connectivity index (χ0n) is 29.4. The Hall–Kier alpha value is -7.50. The number of aromatic nitrogens is 4. The molecule has 55 heavy (non-hydrogen) atoms. The molecule has 0 saturated heterocycles. The quantitative estimate of drug-likeness (QED) is 0.184. The van der Waals surface area contributed by atoms with E-state index in [0.717, 1.165) is 83.0 Å². The molecule has 0 aliphatic rings. The Labute approximate surface area is 313 Å². The van der Waals surface area contributed by atoms with E-state index in [2.05, 4.69) is 142 Å². The van der Waals surface area contributed by atoms with E-state index in [1.54, 1.807) is 0 Å². The summed E-state index contributed by atoms with van der Waals surface area (Å²) in [6.45, 7) is 0. The molecule has 8 aromatic carbocycles. The minimum Gasteiger partial charge on any atom is -0.456 e. The van der Waals surface area contributed by atoms with Crippen LogP contribution in [-0.2, 0) is 0 Å². The number of nitrogens with zero attached hydrogens (tertiary/aromatic N) is 4. The van der Waals surface area contributed by atoms with Crippen molar-refractivity contribution >= 4 is 93.1 Å². The first-order chi connectivity index (χ1) is 27.2. The van der Waals surface area contributed by atoms with Crippen LogP contribution in [0.5, 0.6) is 0 Å². The molecule has 0 unspecified atom stereocenters. The molecule has 0 radical (unpaired) electrons. The van der Waals surface area contributed by atoms with Crippen LogP contribution in [0.25, 0.3) is 121 Å². The van der Waals surface area contributed by atoms with Crippen molar-refractivity contribution in [2.45, 2.75) is 0 Å². The Balaban J connectivity index is 1.03. The van der Waals surface area contributed by atoms with Gasteiger partial charge in [0.1, 0.15) is 16.7 Å². The Morgan fingerprint density at radius 1 is 0.382 bits per heavy atom. The highest BCUT2D eigenvalue weighted by Gasteiger charge is 2.22. The largest absolute Gasteiger partial charge is 0.456 e. The number of rotatable bonds is 3. The summed E-state index contributed by atoms with van der Waals surface area (Å²) in [5, 5.41) is 8.27. The highest BCUT2D eigenvalue weighted by Crippen LogP contribution is 2.42. The van der Waals surface area contributed by atoms with Crippen LogP contribution in [0.1, 0.15) is 0 Å². The number of hydrogen-bond acceptors (Lipinski definition) is 3. The lowest BCUT2D eigenvalue weighted by molar-refractivity contribution is 0.669. The molecule has 0 fully saturated rings. The van der Waals surface area contributed by atoms with E-state index in [1.807, 2.05) is 36.4 Å². The van der Waals surface area contributed by atoms with Crippen LogP contribution in [0.3, 0.4) is 0 Å². The van der Waals surface area contributed by atoms with Crippen molar-refractivity contribution in [3.63, 3.8) is 0 Å². The summed E-state index contributed by atoms with van der Waals surface area (Å²) in [4.78, 5) is 10.4. The van der Waals surface area contributed by atoms with Gasteiger partial charge >= 0.3 is 0 Å². The predicted octanol–water partition coefficient (Wildman–Crippen LogP) is 13.1. The lowest BCUT2D eigenvalue weighted by atomic mass is 9.99. The lowest BCUT2D eigenvalue weighted by Gasteiger charge is -2.12. The van der Waals surface area contributed by atoms with Gasteiger partial charge in [0.25, 0.3) is 0 Å². The molecule has 0 aliphatic carbocycles. The zero-order chi connectivity index (χ0) is 35.8. The van der Waals surface area contributed by atoms with Crippen molar-refractivity contribution < 1.29 is 4.42 Å². The third-order valence-electron chi connectivity index (χ3n) is 11.6. The second kappa shape index (κ2) is 10.6. The number of benzene rings is 8. The van der Waals surface area contributed by atoms with Gasteiger partial charge in [-0.3, -0.25) is 4.40 Å². The van der Waals surface area contributed by atoms with E-state index in [1.165, 1.54) is 38.1 Å². The van der Waals surface area contributed by atoms with E-state index in [0.29, 0.717) is 0 Å². The van der Waals surface area contributed by atoms with Gasteiger partial charge in [-0.1, -0.05) is 97.1 Å². The maximum absolute atomic E-state index is 6.16. The van der Waals surface area contributed by atoms with Crippen LogP contribution in [0.2, 0.25) is 0 Å². The first-order valence-electron chi connectivity index (χ1n) is 18.7. The SMILES string of the molecule is c1cc(-c2cc3c4ccccc4n4c5nc6ccccc6nc5c(c2)c34)cc(-n2c3ccccc3c3ccc(-c4ccc5oc6ccccc6c5c4)cc32)c1. The fourth-order valence-electron chi connectivity index (χ4n) is 9.15. The van der Waals surface area contributed by atoms with E-state index in [9.17, 15) is 0 Å². The molecule has 5 aromatic heterocycles. The number of para-hydroxylation sites is 5. The van der Waals surface area contributed by atoms with Crippen molar-refractivity contribution in [2.24, 2.45) is 0 Å². The minimum atomic E-state index is 0.895. The molecule has 13 rings (SSSR count). The molecule has 0 aliphatic heterocycles. The van der Waals surface area contributed by atoms with Crippen LogP contribution >= 0.6 is 0 Å². The monoisotopic (exact) mass is 700 g/mol. The maximum atomic E-state index is 6.16. The summed E-state index contributed by atoms with van der Waals surface area (Å²) in [5.41, 5.74) is 15.8. The van der Waals surface area contributed by atoms with Gasteiger partial charge in [0.2, 0.25) is 0 Å². The van der Waals surface area contributed by atoms with Gasteiger partial charge in [-0.15, -0.1) is 0 Å². The van der Waals surface area contributed by atoms with E-state index in [-0.39, 0.29) is 0 Å². The molecule has 5 heteroatoms. The highest BCUT2D eigenvalue weighted by molar-refractivity contribution is 6.23. The maximum Gasteiger partial charge on any atom is 0.165 e. The lowest BCUT2D eigenvalue weighted by Crippen LogP contribution is -1.94. The summed E-state index contributed by atoms with van der Waals surface area (Å²) >= 11 is 0. The van der Waals surface area contributed by atoms with Crippen LogP contribution in [0, 0.1) is 0 Å². The Kier molecular flexibility index (Phi) is 5.57. The van der Waals surface area contributed by atoms with Gasteiger partial charge in [0.15, 0.2) is 5.65 Å². The van der Waals surface area contributed by atoms with E-state index >= 15 is 0 Å². The summed E-state index contributed by atoms with van der Waals surface area (Å²) in [5.74, 6) is 0. The van der Waals surface area contributed by atoms with Crippen LogP contribution in [0.15, 0.2) is 174 Å². The molecular weight excluding hydrogens is 673 g/mol.